The SMILES string of the molecule is Cc1cc(C)c(NC(=O)CSc2nnc(-c3cccs3)n2-c2ccc(Cl)cc2)c(C)c1. The molecule has 1 amide bonds. The molecule has 0 saturated heterocycles. The van der Waals surface area contributed by atoms with Crippen LogP contribution < -0.4 is 5.32 Å². The molecule has 0 aliphatic rings. The lowest BCUT2D eigenvalue weighted by atomic mass is 10.1. The van der Waals surface area contributed by atoms with Crippen LogP contribution in [0.4, 0.5) is 5.69 Å². The Morgan fingerprint density at radius 1 is 1.10 bits per heavy atom. The van der Waals surface area contributed by atoms with Gasteiger partial charge in [0.1, 0.15) is 0 Å². The maximum atomic E-state index is 12.7. The molecule has 158 valence electrons. The highest BCUT2D eigenvalue weighted by molar-refractivity contribution is 7.99. The summed E-state index contributed by atoms with van der Waals surface area (Å²) in [6.07, 6.45) is 0. The predicted molar refractivity (Wildman–Crippen MR) is 130 cm³/mol. The Hall–Kier alpha value is -2.61. The number of benzene rings is 2. The largest absolute Gasteiger partial charge is 0.325 e. The summed E-state index contributed by atoms with van der Waals surface area (Å²) >= 11 is 9.02. The van der Waals surface area contributed by atoms with E-state index in [2.05, 4.69) is 34.6 Å². The van der Waals surface area contributed by atoms with Crippen molar-refractivity contribution in [3.8, 4) is 16.4 Å². The number of halogens is 1. The molecule has 2 heterocycles. The molecule has 0 spiro atoms. The summed E-state index contributed by atoms with van der Waals surface area (Å²) in [4.78, 5) is 13.7. The van der Waals surface area contributed by atoms with E-state index in [4.69, 9.17) is 11.6 Å². The van der Waals surface area contributed by atoms with Crippen LogP contribution >= 0.6 is 34.7 Å². The summed E-state index contributed by atoms with van der Waals surface area (Å²) in [5.41, 5.74) is 5.06. The van der Waals surface area contributed by atoms with E-state index in [1.54, 1.807) is 11.3 Å². The first-order chi connectivity index (χ1) is 14.9. The molecule has 0 unspecified atom stereocenters. The van der Waals surface area contributed by atoms with E-state index in [1.807, 2.05) is 60.2 Å². The Morgan fingerprint density at radius 2 is 1.81 bits per heavy atom. The minimum absolute atomic E-state index is 0.0802. The van der Waals surface area contributed by atoms with E-state index >= 15 is 0 Å². The highest BCUT2D eigenvalue weighted by Crippen LogP contribution is 2.31. The van der Waals surface area contributed by atoms with Gasteiger partial charge >= 0.3 is 0 Å². The second-order valence-corrected chi connectivity index (χ2v) is 9.53. The van der Waals surface area contributed by atoms with Gasteiger partial charge in [-0.3, -0.25) is 9.36 Å². The maximum absolute atomic E-state index is 12.7. The molecule has 1 N–H and O–H groups in total. The van der Waals surface area contributed by atoms with Crippen LogP contribution in [0, 0.1) is 20.8 Å². The molecule has 0 bridgehead atoms. The molecule has 2 aromatic carbocycles. The van der Waals surface area contributed by atoms with E-state index < -0.39 is 0 Å². The summed E-state index contributed by atoms with van der Waals surface area (Å²) in [7, 11) is 0. The van der Waals surface area contributed by atoms with Gasteiger partial charge in [-0.1, -0.05) is 47.1 Å². The van der Waals surface area contributed by atoms with Crippen LogP contribution in [0.15, 0.2) is 59.1 Å². The van der Waals surface area contributed by atoms with E-state index in [0.29, 0.717) is 10.2 Å². The van der Waals surface area contributed by atoms with Crippen molar-refractivity contribution in [1.29, 1.82) is 0 Å². The standard InChI is InChI=1S/C23H21ClN4OS2/c1-14-11-15(2)21(16(3)12-14)25-20(29)13-31-23-27-26-22(19-5-4-10-30-19)28(23)18-8-6-17(24)7-9-18/h4-12H,13H2,1-3H3,(H,25,29). The molecule has 0 aliphatic heterocycles. The number of hydrogen-bond acceptors (Lipinski definition) is 5. The van der Waals surface area contributed by atoms with Crippen molar-refractivity contribution in [2.45, 2.75) is 25.9 Å². The van der Waals surface area contributed by atoms with E-state index in [9.17, 15) is 4.79 Å². The molecule has 2 aromatic heterocycles. The molecular formula is C23H21ClN4OS2. The van der Waals surface area contributed by atoms with Gasteiger partial charge < -0.3 is 5.32 Å². The average molecular weight is 469 g/mol. The van der Waals surface area contributed by atoms with Crippen molar-refractivity contribution in [3.05, 3.63) is 75.6 Å². The number of carbonyl (C=O) groups is 1. The quantitative estimate of drug-likeness (QED) is 0.337. The summed E-state index contributed by atoms with van der Waals surface area (Å²) in [6.45, 7) is 6.07. The third-order valence-corrected chi connectivity index (χ3v) is 6.78. The predicted octanol–water partition coefficient (Wildman–Crippen LogP) is 6.31. The van der Waals surface area contributed by atoms with Gasteiger partial charge in [0.2, 0.25) is 5.91 Å². The lowest BCUT2D eigenvalue weighted by Gasteiger charge is -2.13. The number of aryl methyl sites for hydroxylation is 3. The maximum Gasteiger partial charge on any atom is 0.234 e. The van der Waals surface area contributed by atoms with Gasteiger partial charge in [0.25, 0.3) is 0 Å². The number of thiophene rings is 1. The Balaban J connectivity index is 1.58. The zero-order chi connectivity index (χ0) is 22.0. The number of aromatic nitrogens is 3. The highest BCUT2D eigenvalue weighted by atomic mass is 35.5. The zero-order valence-corrected chi connectivity index (χ0v) is 19.7. The Bertz CT molecular complexity index is 1190. The fraction of sp³-hybridized carbons (Fsp3) is 0.174. The second kappa shape index (κ2) is 9.26. The summed E-state index contributed by atoms with van der Waals surface area (Å²) in [5, 5.41) is 15.1. The third kappa shape index (κ3) is 4.84. The molecule has 31 heavy (non-hydrogen) atoms. The monoisotopic (exact) mass is 468 g/mol. The third-order valence-electron chi connectivity index (χ3n) is 4.73. The fourth-order valence-corrected chi connectivity index (χ4v) is 5.01. The van der Waals surface area contributed by atoms with Gasteiger partial charge in [-0.25, -0.2) is 0 Å². The minimum atomic E-state index is -0.0802. The zero-order valence-electron chi connectivity index (χ0n) is 17.3. The van der Waals surface area contributed by atoms with Crippen molar-refractivity contribution < 1.29 is 4.79 Å². The van der Waals surface area contributed by atoms with Crippen LogP contribution in [-0.4, -0.2) is 26.4 Å². The number of thioether (sulfide) groups is 1. The first-order valence-electron chi connectivity index (χ1n) is 9.68. The number of nitrogens with one attached hydrogen (secondary N) is 1. The van der Waals surface area contributed by atoms with E-state index in [-0.39, 0.29) is 11.7 Å². The van der Waals surface area contributed by atoms with Crippen molar-refractivity contribution >= 4 is 46.3 Å². The number of hydrogen-bond donors (Lipinski definition) is 1. The van der Waals surface area contributed by atoms with Crippen LogP contribution in [0.5, 0.6) is 0 Å². The number of amides is 1. The van der Waals surface area contributed by atoms with Crippen LogP contribution in [0.2, 0.25) is 5.02 Å². The number of anilines is 1. The highest BCUT2D eigenvalue weighted by Gasteiger charge is 2.18. The van der Waals surface area contributed by atoms with Crippen LogP contribution in [-0.2, 0) is 4.79 Å². The molecular weight excluding hydrogens is 448 g/mol. The molecule has 4 rings (SSSR count). The minimum Gasteiger partial charge on any atom is -0.325 e. The van der Waals surface area contributed by atoms with Gasteiger partial charge in [-0.15, -0.1) is 21.5 Å². The topological polar surface area (TPSA) is 59.8 Å². The van der Waals surface area contributed by atoms with Gasteiger partial charge in [-0.05, 0) is 67.6 Å². The molecule has 5 nitrogen and oxygen atoms in total. The Morgan fingerprint density at radius 3 is 2.45 bits per heavy atom. The number of nitrogens with zero attached hydrogens (tertiary/aromatic N) is 3. The molecule has 8 heteroatoms. The smallest absolute Gasteiger partial charge is 0.234 e. The Labute approximate surface area is 194 Å². The molecule has 0 aliphatic carbocycles. The summed E-state index contributed by atoms with van der Waals surface area (Å²) in [5.74, 6) is 0.886. The van der Waals surface area contributed by atoms with Crippen LogP contribution in [0.3, 0.4) is 0 Å². The van der Waals surface area contributed by atoms with Gasteiger partial charge in [0, 0.05) is 16.4 Å². The molecule has 0 saturated carbocycles. The van der Waals surface area contributed by atoms with Gasteiger partial charge in [0.15, 0.2) is 11.0 Å². The number of carbonyl (C=O) groups excluding carboxylic acids is 1. The summed E-state index contributed by atoms with van der Waals surface area (Å²) < 4.78 is 1.96. The number of rotatable bonds is 6. The van der Waals surface area contributed by atoms with Crippen molar-refractivity contribution in [3.63, 3.8) is 0 Å². The molecule has 0 atom stereocenters. The first kappa shape index (κ1) is 21.6. The fourth-order valence-electron chi connectivity index (χ4n) is 3.43. The van der Waals surface area contributed by atoms with Crippen molar-refractivity contribution in [2.24, 2.45) is 0 Å². The lowest BCUT2D eigenvalue weighted by molar-refractivity contribution is -0.113. The van der Waals surface area contributed by atoms with E-state index in [0.717, 1.165) is 33.2 Å². The summed E-state index contributed by atoms with van der Waals surface area (Å²) in [6, 6.07) is 15.6. The second-order valence-electron chi connectivity index (χ2n) is 7.21. The van der Waals surface area contributed by atoms with Crippen molar-refractivity contribution in [1.82, 2.24) is 14.8 Å². The first-order valence-corrected chi connectivity index (χ1v) is 11.9. The Kier molecular flexibility index (Phi) is 6.46. The molecule has 0 fully saturated rings. The van der Waals surface area contributed by atoms with Crippen LogP contribution in [0.1, 0.15) is 16.7 Å². The molecule has 4 aromatic rings. The van der Waals surface area contributed by atoms with Gasteiger partial charge in [0.05, 0.1) is 10.6 Å². The lowest BCUT2D eigenvalue weighted by Crippen LogP contribution is -2.16. The molecule has 0 radical (unpaired) electrons. The normalized spacial score (nSPS) is 11.0. The van der Waals surface area contributed by atoms with Crippen molar-refractivity contribution in [2.75, 3.05) is 11.1 Å². The van der Waals surface area contributed by atoms with E-state index in [1.165, 1.54) is 17.3 Å². The average Bonchev–Trinajstić information content (AvgIpc) is 3.39. The van der Waals surface area contributed by atoms with Crippen LogP contribution in [0.25, 0.3) is 16.4 Å². The van der Waals surface area contributed by atoms with Gasteiger partial charge in [-0.2, -0.15) is 0 Å².